The summed E-state index contributed by atoms with van der Waals surface area (Å²) >= 11 is 0. The molecule has 28 saturated carbocycles. The highest BCUT2D eigenvalue weighted by atomic mass is 14.6. The van der Waals surface area contributed by atoms with Crippen LogP contribution < -0.4 is 0 Å². The van der Waals surface area contributed by atoms with Gasteiger partial charge in [0.2, 0.25) is 0 Å². The van der Waals surface area contributed by atoms with Gasteiger partial charge in [-0.3, -0.25) is 0 Å². The second kappa shape index (κ2) is 40.5. The molecule has 0 aromatic heterocycles. The van der Waals surface area contributed by atoms with Crippen LogP contribution in [0.5, 0.6) is 0 Å². The van der Waals surface area contributed by atoms with E-state index in [1.54, 1.807) is 186 Å². The van der Waals surface area contributed by atoms with E-state index in [-0.39, 0.29) is 0 Å². The highest BCUT2D eigenvalue weighted by molar-refractivity contribution is 5.03. The second-order valence-electron chi connectivity index (χ2n) is 53.7. The Balaban J connectivity index is 0.000000117. The lowest BCUT2D eigenvalue weighted by molar-refractivity contribution is -0.0545. The van der Waals surface area contributed by atoms with Gasteiger partial charge >= 0.3 is 0 Å². The summed E-state index contributed by atoms with van der Waals surface area (Å²) < 4.78 is 0. The fourth-order valence-corrected chi connectivity index (χ4v) is 33.6. The van der Waals surface area contributed by atoms with Crippen LogP contribution in [0.1, 0.15) is 530 Å². The topological polar surface area (TPSA) is 0 Å². The molecule has 28 fully saturated rings. The van der Waals surface area contributed by atoms with Gasteiger partial charge < -0.3 is 0 Å². The SMILES string of the molecule is CC(C)(C)C.CC12CC3CC(CC(C3)C1)C2.CC1C2CCC(CC2)[C@H]1C.CC1CCC2(CC1)CCC(C)(C)CC2.CC1CCC2(CCCC2)CC1.CC1CCC2(CCCCC2)CC1.CCC12CC3CC(CC(C3)C1)C2.CCC1CC2CCC1C2.C[C@@H]1C2CCC(CC2)C1(C)C.C[C@H]1CC2CCC1(C)CC2.C[C@H]1CC2CCC1CC2. The molecule has 0 aliphatic heterocycles. The summed E-state index contributed by atoms with van der Waals surface area (Å²) in [6.07, 6.45) is 93.9. The first-order valence-electron chi connectivity index (χ1n) is 54.0. The van der Waals surface area contributed by atoms with Gasteiger partial charge in [0.15, 0.2) is 0 Å². The molecular formula is C114H206. The Morgan fingerprint density at radius 1 is 0.289 bits per heavy atom. The molecule has 4 unspecified atom stereocenters. The van der Waals surface area contributed by atoms with Crippen molar-refractivity contribution in [2.75, 3.05) is 0 Å². The van der Waals surface area contributed by atoms with Crippen LogP contribution in [0.2, 0.25) is 0 Å². The van der Waals surface area contributed by atoms with E-state index >= 15 is 0 Å². The molecule has 114 heavy (non-hydrogen) atoms. The highest BCUT2D eigenvalue weighted by Gasteiger charge is 2.52. The molecule has 28 rings (SSSR count). The van der Waals surface area contributed by atoms with Crippen LogP contribution in [0.25, 0.3) is 0 Å². The Morgan fingerprint density at radius 2 is 0.649 bits per heavy atom. The van der Waals surface area contributed by atoms with Crippen LogP contribution in [0, 0.1) is 191 Å². The smallest absolute Gasteiger partial charge is 0.0292 e. The van der Waals surface area contributed by atoms with E-state index in [4.69, 9.17) is 0 Å². The normalized spacial score (nSPS) is 44.6. The van der Waals surface area contributed by atoms with Crippen LogP contribution >= 0.6 is 0 Å². The third-order valence-corrected chi connectivity index (χ3v) is 42.3. The molecule has 18 bridgehead atoms. The van der Waals surface area contributed by atoms with E-state index in [1.807, 2.05) is 0 Å². The molecule has 28 aliphatic rings. The Bertz CT molecular complexity index is 2600. The van der Waals surface area contributed by atoms with Gasteiger partial charge in [0.25, 0.3) is 0 Å². The first-order chi connectivity index (χ1) is 54.0. The van der Waals surface area contributed by atoms with Crippen molar-refractivity contribution in [2.45, 2.75) is 530 Å². The maximum Gasteiger partial charge on any atom is -0.0292 e. The Labute approximate surface area is 716 Å². The van der Waals surface area contributed by atoms with Gasteiger partial charge in [-0.05, 0) is 480 Å². The predicted octanol–water partition coefficient (Wildman–Crippen LogP) is 37.0. The molecule has 0 nitrogen and oxygen atoms in total. The average Bonchev–Trinajstić information content (AvgIpc) is 1.77. The molecule has 0 heteroatoms. The maximum atomic E-state index is 2.54. The van der Waals surface area contributed by atoms with Crippen molar-refractivity contribution >= 4 is 0 Å². The van der Waals surface area contributed by atoms with Crippen LogP contribution in [0.15, 0.2) is 0 Å². The Hall–Kier alpha value is 0. The monoisotopic (exact) mass is 1580 g/mol. The van der Waals surface area contributed by atoms with Crippen molar-refractivity contribution < 1.29 is 0 Å². The van der Waals surface area contributed by atoms with Crippen LogP contribution in [-0.2, 0) is 0 Å². The third-order valence-electron chi connectivity index (χ3n) is 42.3. The van der Waals surface area contributed by atoms with E-state index in [9.17, 15) is 0 Å². The van der Waals surface area contributed by atoms with Gasteiger partial charge in [0.05, 0.1) is 0 Å². The molecular weight excluding hydrogens is 1370 g/mol. The van der Waals surface area contributed by atoms with Crippen LogP contribution in [-0.4, -0.2) is 0 Å². The number of fused-ring (bicyclic) bond motifs is 14. The lowest BCUT2D eigenvalue weighted by Crippen LogP contribution is -2.45. The van der Waals surface area contributed by atoms with E-state index in [0.29, 0.717) is 16.2 Å². The largest absolute Gasteiger partial charge is 0.0651 e. The van der Waals surface area contributed by atoms with E-state index in [0.717, 1.165) is 175 Å². The van der Waals surface area contributed by atoms with E-state index in [1.165, 1.54) is 205 Å². The summed E-state index contributed by atoms with van der Waals surface area (Å²) in [6, 6.07) is 0. The molecule has 28 aliphatic carbocycles. The minimum atomic E-state index is 0.500. The summed E-state index contributed by atoms with van der Waals surface area (Å²) in [5.74, 6) is 26.2. The van der Waals surface area contributed by atoms with Gasteiger partial charge in [0, 0.05) is 0 Å². The van der Waals surface area contributed by atoms with Gasteiger partial charge in [-0.25, -0.2) is 0 Å². The molecule has 0 radical (unpaired) electrons. The van der Waals surface area contributed by atoms with E-state index in [2.05, 4.69) is 138 Å². The summed E-state index contributed by atoms with van der Waals surface area (Å²) in [7, 11) is 0. The van der Waals surface area contributed by atoms with Crippen LogP contribution in [0.4, 0.5) is 0 Å². The lowest BCUT2D eigenvalue weighted by Gasteiger charge is -2.56. The standard InChI is InChI=1S/C14H26.C12H20.C12H22.C11H18.2C11H20.2C10H18.2C9H16.C5H12/c1-12-4-6-14(7-5-12)10-8-13(2,3)9-11-14;1-2-12-6-9-3-10(7-12)5-11(4-9)8-12;1-11-5-9-12(10-6-11)7-3-2-4-8-12;1-11-5-8-2-9(6-11)4-10(3-8)7-11;1-8-9-4-6-10(7-5-9)11(8,2)3;1-10-4-8-11(9-5-10)6-2-3-7-11;1-8-7-9-3-5-10(8,2)6-4-9;1-7-8(2)10-5-3-9(7)4-6-10;1-7-6-8-2-4-9(7)5-3-8;1-2-8-5-7-3-4-9(8)6-7;1-5(2,3)4/h12H,4-11H2,1-3H3;9-11H,2-8H2,1H3;11H,2-10H2,1H3;8-10H,2-7H2,1H3;8-10H,4-7H2,1-3H3;10H,2-9H2,1H3;8-9H,3-7H2,1-2H3;7-10H,3-6H2,1-2H3;2*7-9H,2-6H2,1H3;1-4H3/t;;;;8-,9?,10?;;8-,9?,10?;7-,8?,9?,10?;7-,8?,9?;;/m....1.000../s1. The molecule has 0 heterocycles. The van der Waals surface area contributed by atoms with Gasteiger partial charge in [0.1, 0.15) is 0 Å². The summed E-state index contributed by atoms with van der Waals surface area (Å²) in [5.41, 5.74) is 6.67. The van der Waals surface area contributed by atoms with Crippen molar-refractivity contribution in [3.8, 4) is 0 Å². The first kappa shape index (κ1) is 93.2. The summed E-state index contributed by atoms with van der Waals surface area (Å²) in [6.45, 7) is 48.0. The van der Waals surface area contributed by atoms with Gasteiger partial charge in [-0.1, -0.05) is 241 Å². The molecule has 0 saturated heterocycles. The second-order valence-corrected chi connectivity index (χ2v) is 53.7. The zero-order chi connectivity index (χ0) is 81.5. The number of rotatable bonds is 2. The fourth-order valence-electron chi connectivity index (χ4n) is 33.6. The average molecular weight is 1580 g/mol. The van der Waals surface area contributed by atoms with Gasteiger partial charge in [-0.2, -0.15) is 0 Å². The molecule has 0 amide bonds. The number of hydrogen-bond donors (Lipinski definition) is 0. The molecule has 0 aromatic rings. The van der Waals surface area contributed by atoms with Crippen LogP contribution in [0.3, 0.4) is 0 Å². The third kappa shape index (κ3) is 25.4. The molecule has 8 atom stereocenters. The molecule has 0 N–H and O–H groups in total. The lowest BCUT2D eigenvalue weighted by atomic mass is 9.49. The maximum absolute atomic E-state index is 2.54. The zero-order valence-electron chi connectivity index (χ0n) is 81.5. The zero-order valence-corrected chi connectivity index (χ0v) is 81.5. The highest BCUT2D eigenvalue weighted by Crippen LogP contribution is 2.64. The van der Waals surface area contributed by atoms with Crippen molar-refractivity contribution in [1.82, 2.24) is 0 Å². The Morgan fingerprint density at radius 3 is 0.921 bits per heavy atom. The van der Waals surface area contributed by atoms with Crippen molar-refractivity contribution in [1.29, 1.82) is 0 Å². The van der Waals surface area contributed by atoms with Gasteiger partial charge in [-0.15, -0.1) is 0 Å². The summed E-state index contributed by atoms with van der Waals surface area (Å²) in [4.78, 5) is 0. The molecule has 3 spiro atoms. The fraction of sp³-hybridized carbons (Fsp3) is 1.00. The van der Waals surface area contributed by atoms with Crippen molar-refractivity contribution in [3.63, 3.8) is 0 Å². The quantitative estimate of drug-likeness (QED) is 0.259. The van der Waals surface area contributed by atoms with Crippen molar-refractivity contribution in [3.05, 3.63) is 0 Å². The Kier molecular flexibility index (Phi) is 33.1. The minimum absolute atomic E-state index is 0.500. The predicted molar refractivity (Wildman–Crippen MR) is 501 cm³/mol. The van der Waals surface area contributed by atoms with E-state index < -0.39 is 0 Å². The number of hydrogen-bond acceptors (Lipinski definition) is 0. The first-order valence-corrected chi connectivity index (χ1v) is 54.0. The summed E-state index contributed by atoms with van der Waals surface area (Å²) in [5, 5.41) is 0. The molecule has 0 aromatic carbocycles. The minimum Gasteiger partial charge on any atom is -0.0651 e. The van der Waals surface area contributed by atoms with Crippen molar-refractivity contribution in [2.24, 2.45) is 191 Å². The molecule has 662 valence electrons.